The Morgan fingerprint density at radius 2 is 1.97 bits per heavy atom. The van der Waals surface area contributed by atoms with Gasteiger partial charge >= 0.3 is 0 Å². The number of aryl methyl sites for hydroxylation is 1. The number of benzene rings is 2. The van der Waals surface area contributed by atoms with Crippen molar-refractivity contribution in [2.45, 2.75) is 25.8 Å². The molecule has 1 unspecified atom stereocenters. The Hall–Kier alpha value is -3.42. The van der Waals surface area contributed by atoms with Gasteiger partial charge in [0.05, 0.1) is 24.6 Å². The average molecular weight is 397 g/mol. The molecule has 152 valence electrons. The van der Waals surface area contributed by atoms with Crippen LogP contribution in [0, 0.1) is 17.0 Å². The van der Waals surface area contributed by atoms with Crippen LogP contribution in [0.15, 0.2) is 42.5 Å². The van der Waals surface area contributed by atoms with Gasteiger partial charge in [0.25, 0.3) is 11.6 Å². The number of hydrogen-bond donors (Lipinski definition) is 1. The maximum absolute atomic E-state index is 12.7. The molecule has 8 nitrogen and oxygen atoms in total. The summed E-state index contributed by atoms with van der Waals surface area (Å²) in [5.74, 6) is 0.0593. The number of hydrogen-bond acceptors (Lipinski definition) is 5. The topological polar surface area (TPSA) is 102 Å². The molecule has 8 heteroatoms. The van der Waals surface area contributed by atoms with E-state index in [9.17, 15) is 19.7 Å². The van der Waals surface area contributed by atoms with Crippen LogP contribution in [0.2, 0.25) is 0 Å². The highest BCUT2D eigenvalue weighted by Crippen LogP contribution is 2.32. The van der Waals surface area contributed by atoms with E-state index in [1.807, 2.05) is 24.3 Å². The van der Waals surface area contributed by atoms with E-state index >= 15 is 0 Å². The van der Waals surface area contributed by atoms with Crippen LogP contribution in [-0.4, -0.2) is 41.8 Å². The van der Waals surface area contributed by atoms with Gasteiger partial charge in [0.15, 0.2) is 0 Å². The number of nitro benzene ring substituents is 1. The Morgan fingerprint density at radius 1 is 1.24 bits per heavy atom. The van der Waals surface area contributed by atoms with Gasteiger partial charge in [0.1, 0.15) is 5.75 Å². The number of methoxy groups -OCH3 is 1. The van der Waals surface area contributed by atoms with Gasteiger partial charge in [-0.3, -0.25) is 19.7 Å². The van der Waals surface area contributed by atoms with Crippen LogP contribution in [0.3, 0.4) is 0 Å². The van der Waals surface area contributed by atoms with Gasteiger partial charge in [0.2, 0.25) is 5.91 Å². The Morgan fingerprint density at radius 3 is 2.62 bits per heavy atom. The number of likely N-dealkylation sites (tertiary alicyclic amines) is 1. The molecule has 0 aliphatic carbocycles. The summed E-state index contributed by atoms with van der Waals surface area (Å²) in [7, 11) is 1.60. The fourth-order valence-electron chi connectivity index (χ4n) is 3.54. The highest BCUT2D eigenvalue weighted by molar-refractivity contribution is 5.97. The summed E-state index contributed by atoms with van der Waals surface area (Å²) in [4.78, 5) is 37.3. The van der Waals surface area contributed by atoms with Crippen LogP contribution in [0.1, 0.15) is 40.4 Å². The maximum atomic E-state index is 12.7. The van der Waals surface area contributed by atoms with Crippen LogP contribution < -0.4 is 10.1 Å². The lowest BCUT2D eigenvalue weighted by atomic mass is 10.0. The van der Waals surface area contributed by atoms with E-state index in [1.165, 1.54) is 18.2 Å². The summed E-state index contributed by atoms with van der Waals surface area (Å²) in [5, 5.41) is 13.6. The molecule has 3 rings (SSSR count). The van der Waals surface area contributed by atoms with E-state index < -0.39 is 10.8 Å². The normalized spacial score (nSPS) is 15.8. The van der Waals surface area contributed by atoms with Crippen LogP contribution in [0.4, 0.5) is 5.69 Å². The summed E-state index contributed by atoms with van der Waals surface area (Å²) >= 11 is 0. The molecule has 0 bridgehead atoms. The lowest BCUT2D eigenvalue weighted by Gasteiger charge is -2.25. The number of ether oxygens (including phenoxy) is 1. The van der Waals surface area contributed by atoms with Gasteiger partial charge < -0.3 is 15.0 Å². The lowest BCUT2D eigenvalue weighted by Crippen LogP contribution is -2.39. The van der Waals surface area contributed by atoms with Crippen molar-refractivity contribution in [2.75, 3.05) is 20.2 Å². The zero-order valence-corrected chi connectivity index (χ0v) is 16.4. The quantitative estimate of drug-likeness (QED) is 0.596. The number of amides is 2. The summed E-state index contributed by atoms with van der Waals surface area (Å²) in [6.07, 6.45) is 1.75. The first-order chi connectivity index (χ1) is 13.9. The molecule has 1 N–H and O–H groups in total. The molecule has 2 aromatic carbocycles. The third-order valence-electron chi connectivity index (χ3n) is 5.14. The summed E-state index contributed by atoms with van der Waals surface area (Å²) < 4.78 is 5.17. The molecule has 1 atom stereocenters. The van der Waals surface area contributed by atoms with E-state index in [2.05, 4.69) is 5.32 Å². The van der Waals surface area contributed by atoms with Crippen LogP contribution >= 0.6 is 0 Å². The van der Waals surface area contributed by atoms with E-state index in [0.29, 0.717) is 12.1 Å². The Kier molecular flexibility index (Phi) is 6.11. The minimum absolute atomic E-state index is 0.0363. The zero-order valence-electron chi connectivity index (χ0n) is 16.4. The second-order valence-electron chi connectivity index (χ2n) is 6.96. The van der Waals surface area contributed by atoms with E-state index in [1.54, 1.807) is 18.9 Å². The number of carbonyl (C=O) groups excluding carboxylic acids is 2. The van der Waals surface area contributed by atoms with E-state index in [0.717, 1.165) is 24.2 Å². The molecule has 1 fully saturated rings. The molecule has 0 radical (unpaired) electrons. The molecular weight excluding hydrogens is 374 g/mol. The van der Waals surface area contributed by atoms with Crippen molar-refractivity contribution >= 4 is 17.5 Å². The highest BCUT2D eigenvalue weighted by Gasteiger charge is 2.30. The zero-order chi connectivity index (χ0) is 21.0. The molecular formula is C21H23N3O5. The van der Waals surface area contributed by atoms with Crippen molar-refractivity contribution < 1.29 is 19.2 Å². The van der Waals surface area contributed by atoms with E-state index in [4.69, 9.17) is 4.74 Å². The monoisotopic (exact) mass is 397 g/mol. The predicted octanol–water partition coefficient (Wildman–Crippen LogP) is 3.01. The van der Waals surface area contributed by atoms with Crippen molar-refractivity contribution in [3.63, 3.8) is 0 Å². The van der Waals surface area contributed by atoms with Gasteiger partial charge in [-0.05, 0) is 43.5 Å². The van der Waals surface area contributed by atoms with Gasteiger partial charge in [0, 0.05) is 23.7 Å². The number of nitrogens with one attached hydrogen (secondary N) is 1. The molecule has 1 saturated heterocycles. The first-order valence-corrected chi connectivity index (χ1v) is 9.37. The molecule has 1 aliphatic heterocycles. The third-order valence-corrected chi connectivity index (χ3v) is 5.14. The molecule has 0 aromatic heterocycles. The summed E-state index contributed by atoms with van der Waals surface area (Å²) in [5.41, 5.74) is 1.53. The lowest BCUT2D eigenvalue weighted by molar-refractivity contribution is -0.385. The van der Waals surface area contributed by atoms with Crippen LogP contribution in [0.5, 0.6) is 5.75 Å². The number of nitrogens with zero attached hydrogens (tertiary/aromatic N) is 2. The molecule has 2 aromatic rings. The summed E-state index contributed by atoms with van der Waals surface area (Å²) in [6, 6.07) is 11.8. The van der Waals surface area contributed by atoms with Crippen molar-refractivity contribution in [3.05, 3.63) is 69.3 Å². The minimum Gasteiger partial charge on any atom is -0.497 e. The SMILES string of the molecule is COc1ccc(C2CCCN2C(=O)CNC(=O)c2ccc(C)c([N+](=O)[O-])c2)cc1. The standard InChI is InChI=1S/C21H23N3O5/c1-14-5-6-16(12-19(14)24(27)28)21(26)22-13-20(25)23-11-3-4-18(23)15-7-9-17(29-2)10-8-15/h5-10,12,18H,3-4,11,13H2,1-2H3,(H,22,26). The van der Waals surface area contributed by atoms with Crippen molar-refractivity contribution in [2.24, 2.45) is 0 Å². The molecule has 2 amide bonds. The van der Waals surface area contributed by atoms with Crippen molar-refractivity contribution in [1.29, 1.82) is 0 Å². The van der Waals surface area contributed by atoms with Gasteiger partial charge in [-0.1, -0.05) is 18.2 Å². The molecule has 0 spiro atoms. The Bertz CT molecular complexity index is 926. The molecule has 29 heavy (non-hydrogen) atoms. The Labute approximate surface area is 168 Å². The van der Waals surface area contributed by atoms with Gasteiger partial charge in [-0.2, -0.15) is 0 Å². The largest absolute Gasteiger partial charge is 0.497 e. The fraction of sp³-hybridized carbons (Fsp3) is 0.333. The summed E-state index contributed by atoms with van der Waals surface area (Å²) in [6.45, 7) is 2.07. The van der Waals surface area contributed by atoms with Crippen molar-refractivity contribution in [3.8, 4) is 5.75 Å². The maximum Gasteiger partial charge on any atom is 0.273 e. The second kappa shape index (κ2) is 8.72. The van der Waals surface area contributed by atoms with Crippen LogP contribution in [0.25, 0.3) is 0 Å². The number of carbonyl (C=O) groups is 2. The second-order valence-corrected chi connectivity index (χ2v) is 6.96. The Balaban J connectivity index is 1.64. The average Bonchev–Trinajstić information content (AvgIpc) is 3.22. The smallest absolute Gasteiger partial charge is 0.273 e. The molecule has 1 aliphatic rings. The first-order valence-electron chi connectivity index (χ1n) is 9.37. The van der Waals surface area contributed by atoms with Gasteiger partial charge in [-0.15, -0.1) is 0 Å². The minimum atomic E-state index is -0.527. The number of rotatable bonds is 6. The predicted molar refractivity (Wildman–Crippen MR) is 107 cm³/mol. The van der Waals surface area contributed by atoms with E-state index in [-0.39, 0.29) is 29.7 Å². The van der Waals surface area contributed by atoms with Gasteiger partial charge in [-0.25, -0.2) is 0 Å². The molecule has 1 heterocycles. The third kappa shape index (κ3) is 4.53. The number of nitro groups is 1. The molecule has 0 saturated carbocycles. The van der Waals surface area contributed by atoms with Crippen LogP contribution in [-0.2, 0) is 4.79 Å². The first kappa shape index (κ1) is 20.3. The van der Waals surface area contributed by atoms with Crippen molar-refractivity contribution in [1.82, 2.24) is 10.2 Å². The fourth-order valence-corrected chi connectivity index (χ4v) is 3.54. The highest BCUT2D eigenvalue weighted by atomic mass is 16.6.